The van der Waals surface area contributed by atoms with E-state index >= 15 is 0 Å². The molecule has 3 rings (SSSR count). The van der Waals surface area contributed by atoms with Gasteiger partial charge in [-0.2, -0.15) is 0 Å². The van der Waals surface area contributed by atoms with Gasteiger partial charge in [0.1, 0.15) is 0 Å². The number of nitrogens with zero attached hydrogens (tertiary/aromatic N) is 1. The molecule has 1 N–H and O–H groups in total. The second-order valence-corrected chi connectivity index (χ2v) is 6.33. The van der Waals surface area contributed by atoms with Gasteiger partial charge >= 0.3 is 0 Å². The Balaban J connectivity index is 1.59. The Hall–Kier alpha value is -0.900. The highest BCUT2D eigenvalue weighted by atomic mass is 16.5. The summed E-state index contributed by atoms with van der Waals surface area (Å²) in [5.41, 5.74) is 2.81. The molecule has 1 aliphatic carbocycles. The molecule has 0 radical (unpaired) electrons. The van der Waals surface area contributed by atoms with Crippen molar-refractivity contribution in [1.29, 1.82) is 0 Å². The Bertz CT molecular complexity index is 429. The molecule has 3 nitrogen and oxygen atoms in total. The summed E-state index contributed by atoms with van der Waals surface area (Å²) in [6, 6.07) is 9.75. The summed E-state index contributed by atoms with van der Waals surface area (Å²) < 4.78 is 5.96. The molecule has 2 aliphatic rings. The van der Waals surface area contributed by atoms with Crippen LogP contribution in [0.2, 0.25) is 0 Å². The van der Waals surface area contributed by atoms with E-state index in [9.17, 15) is 0 Å². The molecule has 0 aromatic heterocycles. The monoisotopic (exact) mass is 288 g/mol. The van der Waals surface area contributed by atoms with Crippen LogP contribution < -0.4 is 5.32 Å². The molecule has 0 bridgehead atoms. The quantitative estimate of drug-likeness (QED) is 0.901. The summed E-state index contributed by atoms with van der Waals surface area (Å²) in [4.78, 5) is 2.65. The van der Waals surface area contributed by atoms with E-state index in [2.05, 4.69) is 41.4 Å². The molecule has 1 aromatic carbocycles. The average molecular weight is 288 g/mol. The Morgan fingerprint density at radius 2 is 1.90 bits per heavy atom. The van der Waals surface area contributed by atoms with Crippen LogP contribution in [0.15, 0.2) is 24.3 Å². The maximum atomic E-state index is 5.96. The number of benzene rings is 1. The lowest BCUT2D eigenvalue weighted by Crippen LogP contribution is -2.52. The largest absolute Gasteiger partial charge is 0.375 e. The lowest BCUT2D eigenvalue weighted by atomic mass is 9.90. The second-order valence-electron chi connectivity index (χ2n) is 6.33. The fourth-order valence-electron chi connectivity index (χ4n) is 3.64. The van der Waals surface area contributed by atoms with Gasteiger partial charge < -0.3 is 10.1 Å². The van der Waals surface area contributed by atoms with Crippen LogP contribution in [0.1, 0.15) is 43.7 Å². The summed E-state index contributed by atoms with van der Waals surface area (Å²) in [7, 11) is 0. The zero-order valence-corrected chi connectivity index (χ0v) is 13.2. The van der Waals surface area contributed by atoms with Gasteiger partial charge in [0.25, 0.3) is 0 Å². The van der Waals surface area contributed by atoms with Gasteiger partial charge in [-0.1, -0.05) is 44.0 Å². The van der Waals surface area contributed by atoms with Gasteiger partial charge in [0, 0.05) is 25.7 Å². The number of nitrogens with one attached hydrogen (secondary N) is 1. The van der Waals surface area contributed by atoms with Crippen molar-refractivity contribution in [1.82, 2.24) is 10.2 Å². The smallest absolute Gasteiger partial charge is 0.0731 e. The van der Waals surface area contributed by atoms with Crippen LogP contribution >= 0.6 is 0 Å². The molecule has 2 fully saturated rings. The van der Waals surface area contributed by atoms with Crippen molar-refractivity contribution in [2.45, 2.75) is 57.8 Å². The van der Waals surface area contributed by atoms with Gasteiger partial charge in [-0.15, -0.1) is 0 Å². The zero-order chi connectivity index (χ0) is 14.5. The van der Waals surface area contributed by atoms with Crippen molar-refractivity contribution in [2.24, 2.45) is 0 Å². The SMILES string of the molecule is CCNCc1ccc(CN2CCOC3CCCCC32)cc1. The molecule has 2 atom stereocenters. The van der Waals surface area contributed by atoms with E-state index in [4.69, 9.17) is 4.74 Å². The zero-order valence-electron chi connectivity index (χ0n) is 13.2. The van der Waals surface area contributed by atoms with Crippen molar-refractivity contribution in [3.63, 3.8) is 0 Å². The molecule has 1 aliphatic heterocycles. The maximum Gasteiger partial charge on any atom is 0.0731 e. The molecule has 3 heteroatoms. The molecule has 1 aromatic rings. The van der Waals surface area contributed by atoms with E-state index < -0.39 is 0 Å². The molecule has 116 valence electrons. The normalized spacial score (nSPS) is 26.5. The van der Waals surface area contributed by atoms with Crippen molar-refractivity contribution in [3.05, 3.63) is 35.4 Å². The van der Waals surface area contributed by atoms with Crippen LogP contribution in [0, 0.1) is 0 Å². The highest BCUT2D eigenvalue weighted by Crippen LogP contribution is 2.29. The Morgan fingerprint density at radius 3 is 2.71 bits per heavy atom. The molecule has 21 heavy (non-hydrogen) atoms. The van der Waals surface area contributed by atoms with E-state index in [0.717, 1.165) is 32.8 Å². The highest BCUT2D eigenvalue weighted by molar-refractivity contribution is 5.22. The Labute approximate surface area is 128 Å². The Morgan fingerprint density at radius 1 is 1.14 bits per heavy atom. The topological polar surface area (TPSA) is 24.5 Å². The number of fused-ring (bicyclic) bond motifs is 1. The maximum absolute atomic E-state index is 5.96. The number of hydrogen-bond donors (Lipinski definition) is 1. The lowest BCUT2D eigenvalue weighted by molar-refractivity contribution is -0.0911. The first-order chi connectivity index (χ1) is 10.4. The Kier molecular flexibility index (Phi) is 5.28. The third-order valence-corrected chi connectivity index (χ3v) is 4.83. The van der Waals surface area contributed by atoms with Crippen molar-refractivity contribution >= 4 is 0 Å². The standard InChI is InChI=1S/C18H28N2O/c1-2-19-13-15-7-9-16(10-8-15)14-20-11-12-21-18-6-4-3-5-17(18)20/h7-10,17-19H,2-6,11-14H2,1H3. The van der Waals surface area contributed by atoms with Gasteiger partial charge in [0.05, 0.1) is 12.7 Å². The molecule has 1 saturated heterocycles. The van der Waals surface area contributed by atoms with Gasteiger partial charge in [-0.25, -0.2) is 0 Å². The molecule has 0 amide bonds. The molecular weight excluding hydrogens is 260 g/mol. The fourth-order valence-corrected chi connectivity index (χ4v) is 3.64. The van der Waals surface area contributed by atoms with Crippen LogP contribution in [0.4, 0.5) is 0 Å². The average Bonchev–Trinajstić information content (AvgIpc) is 2.55. The van der Waals surface area contributed by atoms with Gasteiger partial charge in [-0.05, 0) is 30.5 Å². The summed E-state index contributed by atoms with van der Waals surface area (Å²) in [5.74, 6) is 0. The van der Waals surface area contributed by atoms with Crippen LogP contribution in [-0.2, 0) is 17.8 Å². The third-order valence-electron chi connectivity index (χ3n) is 4.83. The van der Waals surface area contributed by atoms with Gasteiger partial charge in [0.2, 0.25) is 0 Å². The van der Waals surface area contributed by atoms with Gasteiger partial charge in [0.15, 0.2) is 0 Å². The third kappa shape index (κ3) is 3.85. The van der Waals surface area contributed by atoms with Crippen LogP contribution in [0.5, 0.6) is 0 Å². The first-order valence-electron chi connectivity index (χ1n) is 8.51. The molecular formula is C18H28N2O. The van der Waals surface area contributed by atoms with E-state index in [1.807, 2.05) is 0 Å². The number of rotatable bonds is 5. The second kappa shape index (κ2) is 7.39. The predicted molar refractivity (Wildman–Crippen MR) is 86.2 cm³/mol. The van der Waals surface area contributed by atoms with Crippen molar-refractivity contribution < 1.29 is 4.74 Å². The number of hydrogen-bond acceptors (Lipinski definition) is 3. The first-order valence-corrected chi connectivity index (χ1v) is 8.51. The first kappa shape index (κ1) is 15.0. The minimum atomic E-state index is 0.487. The fraction of sp³-hybridized carbons (Fsp3) is 0.667. The van der Waals surface area contributed by atoms with E-state index in [0.29, 0.717) is 12.1 Å². The van der Waals surface area contributed by atoms with Crippen molar-refractivity contribution in [3.8, 4) is 0 Å². The minimum absolute atomic E-state index is 0.487. The van der Waals surface area contributed by atoms with Crippen molar-refractivity contribution in [2.75, 3.05) is 19.7 Å². The molecule has 1 heterocycles. The van der Waals surface area contributed by atoms with Crippen LogP contribution in [0.25, 0.3) is 0 Å². The number of morpholine rings is 1. The molecule has 1 saturated carbocycles. The van der Waals surface area contributed by atoms with Gasteiger partial charge in [-0.3, -0.25) is 4.90 Å². The summed E-state index contributed by atoms with van der Waals surface area (Å²) >= 11 is 0. The van der Waals surface area contributed by atoms with E-state index in [1.54, 1.807) is 0 Å². The number of ether oxygens (including phenoxy) is 1. The van der Waals surface area contributed by atoms with E-state index in [-0.39, 0.29) is 0 Å². The van der Waals surface area contributed by atoms with Crippen LogP contribution in [0.3, 0.4) is 0 Å². The summed E-state index contributed by atoms with van der Waals surface area (Å²) in [6.45, 7) is 7.21. The minimum Gasteiger partial charge on any atom is -0.375 e. The summed E-state index contributed by atoms with van der Waals surface area (Å²) in [5, 5.41) is 3.38. The van der Waals surface area contributed by atoms with Crippen LogP contribution in [-0.4, -0.2) is 36.7 Å². The molecule has 2 unspecified atom stereocenters. The summed E-state index contributed by atoms with van der Waals surface area (Å²) in [6.07, 6.45) is 5.75. The highest BCUT2D eigenvalue weighted by Gasteiger charge is 2.33. The lowest BCUT2D eigenvalue weighted by Gasteiger charge is -2.43. The predicted octanol–water partition coefficient (Wildman–Crippen LogP) is 2.94. The molecule has 0 spiro atoms. The van der Waals surface area contributed by atoms with E-state index in [1.165, 1.54) is 36.8 Å².